The lowest BCUT2D eigenvalue weighted by Crippen LogP contribution is -2.37. The maximum Gasteiger partial charge on any atom is 0.252 e. The number of H-pyrrole nitrogens is 1. The Hall–Kier alpha value is -1.30. The van der Waals surface area contributed by atoms with Crippen LogP contribution >= 0.6 is 11.8 Å². The van der Waals surface area contributed by atoms with Crippen molar-refractivity contribution in [1.82, 2.24) is 9.88 Å². The molecule has 0 aliphatic carbocycles. The van der Waals surface area contributed by atoms with Crippen LogP contribution in [-0.2, 0) is 6.54 Å². The molecule has 2 N–H and O–H groups in total. The second kappa shape index (κ2) is 6.86. The Balaban J connectivity index is 1.84. The van der Waals surface area contributed by atoms with Gasteiger partial charge in [0.15, 0.2) is 0 Å². The molecule has 1 fully saturated rings. The summed E-state index contributed by atoms with van der Waals surface area (Å²) < 4.78 is 0. The summed E-state index contributed by atoms with van der Waals surface area (Å²) >= 11 is 1.67. The van der Waals surface area contributed by atoms with Gasteiger partial charge in [0.05, 0.1) is 0 Å². The van der Waals surface area contributed by atoms with Gasteiger partial charge in [0, 0.05) is 35.7 Å². The van der Waals surface area contributed by atoms with E-state index in [-0.39, 0.29) is 12.2 Å². The number of aromatic nitrogens is 1. The highest BCUT2D eigenvalue weighted by molar-refractivity contribution is 7.98. The van der Waals surface area contributed by atoms with Gasteiger partial charge in [-0.3, -0.25) is 9.69 Å². The second-order valence-electron chi connectivity index (χ2n) is 6.00. The number of fused-ring (bicyclic) bond motifs is 1. The zero-order valence-corrected chi connectivity index (χ0v) is 13.7. The van der Waals surface area contributed by atoms with Crippen LogP contribution in [0.4, 0.5) is 0 Å². The van der Waals surface area contributed by atoms with Crippen molar-refractivity contribution < 1.29 is 5.11 Å². The van der Waals surface area contributed by atoms with Gasteiger partial charge in [0.2, 0.25) is 0 Å². The lowest BCUT2D eigenvalue weighted by molar-refractivity contribution is 0.115. The van der Waals surface area contributed by atoms with E-state index in [9.17, 15) is 9.90 Å². The van der Waals surface area contributed by atoms with E-state index in [1.165, 1.54) is 0 Å². The van der Waals surface area contributed by atoms with Crippen LogP contribution in [0.1, 0.15) is 18.4 Å². The highest BCUT2D eigenvalue weighted by atomic mass is 32.2. The number of aliphatic hydroxyl groups is 1. The first kappa shape index (κ1) is 15.6. The molecule has 1 aliphatic rings. The fourth-order valence-corrected chi connectivity index (χ4v) is 3.59. The van der Waals surface area contributed by atoms with Gasteiger partial charge >= 0.3 is 0 Å². The molecule has 1 aromatic carbocycles. The number of benzene rings is 1. The van der Waals surface area contributed by atoms with Gasteiger partial charge in [0.25, 0.3) is 5.56 Å². The van der Waals surface area contributed by atoms with Crippen LogP contribution in [0.5, 0.6) is 0 Å². The third kappa shape index (κ3) is 3.37. The first-order chi connectivity index (χ1) is 10.7. The monoisotopic (exact) mass is 318 g/mol. The molecule has 1 aromatic heterocycles. The number of pyridine rings is 1. The molecular weight excluding hydrogens is 296 g/mol. The highest BCUT2D eigenvalue weighted by Gasteiger charge is 2.20. The molecule has 0 unspecified atom stereocenters. The lowest BCUT2D eigenvalue weighted by Gasteiger charge is -2.31. The Labute approximate surface area is 134 Å². The summed E-state index contributed by atoms with van der Waals surface area (Å²) in [5, 5.41) is 10.4. The molecule has 0 radical (unpaired) electrons. The zero-order chi connectivity index (χ0) is 15.5. The number of rotatable bonds is 4. The summed E-state index contributed by atoms with van der Waals surface area (Å²) in [7, 11) is 0. The van der Waals surface area contributed by atoms with E-state index in [0.717, 1.165) is 47.3 Å². The molecule has 0 spiro atoms. The van der Waals surface area contributed by atoms with E-state index in [1.54, 1.807) is 11.8 Å². The van der Waals surface area contributed by atoms with Gasteiger partial charge in [-0.25, -0.2) is 0 Å². The van der Waals surface area contributed by atoms with Crippen molar-refractivity contribution in [3.63, 3.8) is 0 Å². The maximum absolute atomic E-state index is 12.3. The molecule has 1 atom stereocenters. The van der Waals surface area contributed by atoms with E-state index < -0.39 is 0 Å². The Bertz CT molecular complexity index is 713. The van der Waals surface area contributed by atoms with Crippen LogP contribution in [0.25, 0.3) is 10.9 Å². The minimum absolute atomic E-state index is 0.00289. The molecule has 3 rings (SSSR count). The topological polar surface area (TPSA) is 56.3 Å². The summed E-state index contributed by atoms with van der Waals surface area (Å²) in [6, 6.07) is 8.17. The second-order valence-corrected chi connectivity index (χ2v) is 6.88. The minimum atomic E-state index is -0.00289. The van der Waals surface area contributed by atoms with Crippen molar-refractivity contribution in [2.45, 2.75) is 24.3 Å². The smallest absolute Gasteiger partial charge is 0.252 e. The van der Waals surface area contributed by atoms with Crippen LogP contribution in [-0.4, -0.2) is 40.9 Å². The van der Waals surface area contributed by atoms with Crippen LogP contribution in [0.3, 0.4) is 0 Å². The number of nitrogens with zero attached hydrogens (tertiary/aromatic N) is 1. The predicted molar refractivity (Wildman–Crippen MR) is 91.4 cm³/mol. The number of likely N-dealkylation sites (tertiary alicyclic amines) is 1. The zero-order valence-electron chi connectivity index (χ0n) is 12.8. The van der Waals surface area contributed by atoms with Crippen LogP contribution < -0.4 is 5.56 Å². The van der Waals surface area contributed by atoms with Crippen molar-refractivity contribution in [2.75, 3.05) is 26.0 Å². The van der Waals surface area contributed by atoms with E-state index in [1.807, 2.05) is 18.4 Å². The van der Waals surface area contributed by atoms with Crippen LogP contribution in [0, 0.1) is 5.92 Å². The maximum atomic E-state index is 12.3. The normalized spacial score (nSPS) is 19.6. The lowest BCUT2D eigenvalue weighted by atomic mass is 9.98. The molecule has 1 saturated heterocycles. The molecule has 118 valence electrons. The van der Waals surface area contributed by atoms with E-state index in [0.29, 0.717) is 12.5 Å². The first-order valence-electron chi connectivity index (χ1n) is 7.73. The molecule has 2 heterocycles. The minimum Gasteiger partial charge on any atom is -0.396 e. The van der Waals surface area contributed by atoms with Gasteiger partial charge in [0.1, 0.15) is 0 Å². The quantitative estimate of drug-likeness (QED) is 0.850. The molecule has 0 amide bonds. The summed E-state index contributed by atoms with van der Waals surface area (Å²) in [5.41, 5.74) is 1.70. The number of nitrogens with one attached hydrogen (secondary N) is 1. The summed E-state index contributed by atoms with van der Waals surface area (Å²) in [6.07, 6.45) is 4.20. The van der Waals surface area contributed by atoms with E-state index >= 15 is 0 Å². The predicted octanol–water partition coefficient (Wildman–Crippen LogP) is 2.45. The molecule has 0 saturated carbocycles. The average molecular weight is 318 g/mol. The average Bonchev–Trinajstić information content (AvgIpc) is 2.55. The Morgan fingerprint density at radius 1 is 1.41 bits per heavy atom. The largest absolute Gasteiger partial charge is 0.396 e. The number of aliphatic hydroxyl groups excluding tert-OH is 1. The highest BCUT2D eigenvalue weighted by Crippen LogP contribution is 2.21. The fraction of sp³-hybridized carbons (Fsp3) is 0.471. The van der Waals surface area contributed by atoms with E-state index in [4.69, 9.17) is 0 Å². The number of hydrogen-bond donors (Lipinski definition) is 2. The molecule has 5 heteroatoms. The summed E-state index contributed by atoms with van der Waals surface area (Å²) in [6.45, 7) is 2.77. The summed E-state index contributed by atoms with van der Waals surface area (Å²) in [5.74, 6) is 0.345. The number of piperidine rings is 1. The number of thioether (sulfide) groups is 1. The molecule has 1 aliphatic heterocycles. The Morgan fingerprint density at radius 3 is 3.05 bits per heavy atom. The van der Waals surface area contributed by atoms with Gasteiger partial charge in [-0.2, -0.15) is 0 Å². The van der Waals surface area contributed by atoms with Gasteiger partial charge in [-0.15, -0.1) is 11.8 Å². The number of hydrogen-bond acceptors (Lipinski definition) is 4. The van der Waals surface area contributed by atoms with Crippen molar-refractivity contribution in [2.24, 2.45) is 5.92 Å². The molecular formula is C17H22N2O2S. The third-order valence-corrected chi connectivity index (χ3v) is 5.11. The molecule has 22 heavy (non-hydrogen) atoms. The van der Waals surface area contributed by atoms with Crippen molar-refractivity contribution >= 4 is 22.7 Å². The van der Waals surface area contributed by atoms with Crippen LogP contribution in [0.2, 0.25) is 0 Å². The molecule has 0 bridgehead atoms. The van der Waals surface area contributed by atoms with Gasteiger partial charge in [-0.05, 0) is 55.1 Å². The van der Waals surface area contributed by atoms with Crippen molar-refractivity contribution in [1.29, 1.82) is 0 Å². The fourth-order valence-electron chi connectivity index (χ4n) is 3.15. The molecule has 2 aromatic rings. The Kier molecular flexibility index (Phi) is 4.86. The SMILES string of the molecule is CSc1ccc2cc(CN3CCC[C@H](CO)C3)c(=O)[nH]c2c1. The first-order valence-corrected chi connectivity index (χ1v) is 8.95. The standard InChI is InChI=1S/C17H22N2O2S/c1-22-15-5-4-13-7-14(17(21)18-16(13)8-15)10-19-6-2-3-12(9-19)11-20/h4-5,7-8,12,20H,2-3,6,9-11H2,1H3,(H,18,21)/t12-/m0/s1. The van der Waals surface area contributed by atoms with Gasteiger partial charge in [-0.1, -0.05) is 6.07 Å². The van der Waals surface area contributed by atoms with Crippen molar-refractivity contribution in [3.05, 3.63) is 40.2 Å². The summed E-state index contributed by atoms with van der Waals surface area (Å²) in [4.78, 5) is 18.7. The third-order valence-electron chi connectivity index (χ3n) is 4.39. The van der Waals surface area contributed by atoms with E-state index in [2.05, 4.69) is 22.0 Å². The Morgan fingerprint density at radius 2 is 2.27 bits per heavy atom. The number of aromatic amines is 1. The van der Waals surface area contributed by atoms with Gasteiger partial charge < -0.3 is 10.1 Å². The van der Waals surface area contributed by atoms with Crippen LogP contribution in [0.15, 0.2) is 34.0 Å². The van der Waals surface area contributed by atoms with Crippen molar-refractivity contribution in [3.8, 4) is 0 Å². The molecule has 4 nitrogen and oxygen atoms in total.